The molecule has 0 aromatic heterocycles. The van der Waals surface area contributed by atoms with Gasteiger partial charge in [0.1, 0.15) is 0 Å². The van der Waals surface area contributed by atoms with Gasteiger partial charge in [0.05, 0.1) is 35.4 Å². The second-order valence-corrected chi connectivity index (χ2v) is 7.56. The number of hydrogen-bond acceptors (Lipinski definition) is 7. The van der Waals surface area contributed by atoms with Crippen LogP contribution in [0.2, 0.25) is 0 Å². The highest BCUT2D eigenvalue weighted by molar-refractivity contribution is 5.93. The Balaban J connectivity index is 1.58. The lowest BCUT2D eigenvalue weighted by atomic mass is 10.1. The second kappa shape index (κ2) is 9.57. The van der Waals surface area contributed by atoms with Crippen molar-refractivity contribution in [3.8, 4) is 0 Å². The number of benzene rings is 2. The normalized spacial score (nSPS) is 16.6. The van der Waals surface area contributed by atoms with E-state index in [0.717, 1.165) is 18.8 Å². The number of carbonyl (C=O) groups is 2. The molecule has 1 atom stereocenters. The lowest BCUT2D eigenvalue weighted by molar-refractivity contribution is -0.385. The van der Waals surface area contributed by atoms with Crippen LogP contribution >= 0.6 is 0 Å². The molecular formula is C22H26N4O5. The van der Waals surface area contributed by atoms with Crippen LogP contribution in [0.1, 0.15) is 22.8 Å². The molecule has 0 saturated carbocycles. The molecule has 0 spiro atoms. The van der Waals surface area contributed by atoms with Gasteiger partial charge < -0.3 is 15.0 Å². The predicted octanol–water partition coefficient (Wildman–Crippen LogP) is 2.84. The maximum atomic E-state index is 12.6. The maximum Gasteiger partial charge on any atom is 0.337 e. The second-order valence-electron chi connectivity index (χ2n) is 7.56. The van der Waals surface area contributed by atoms with E-state index in [2.05, 4.69) is 22.0 Å². The van der Waals surface area contributed by atoms with Gasteiger partial charge in [0, 0.05) is 37.4 Å². The zero-order valence-electron chi connectivity index (χ0n) is 17.8. The highest BCUT2D eigenvalue weighted by Crippen LogP contribution is 2.25. The molecule has 1 unspecified atom stereocenters. The van der Waals surface area contributed by atoms with Gasteiger partial charge in [0.2, 0.25) is 5.91 Å². The average molecular weight is 426 g/mol. The summed E-state index contributed by atoms with van der Waals surface area (Å²) in [6.07, 6.45) is 0. The Labute approximate surface area is 180 Å². The molecule has 1 saturated heterocycles. The van der Waals surface area contributed by atoms with Gasteiger partial charge in [0.15, 0.2) is 0 Å². The van der Waals surface area contributed by atoms with Crippen LogP contribution in [-0.2, 0) is 9.53 Å². The minimum absolute atomic E-state index is 0.0157. The number of piperazine rings is 1. The minimum Gasteiger partial charge on any atom is -0.465 e. The van der Waals surface area contributed by atoms with Gasteiger partial charge in [-0.1, -0.05) is 6.07 Å². The summed E-state index contributed by atoms with van der Waals surface area (Å²) in [5.41, 5.74) is 2.39. The van der Waals surface area contributed by atoms with Gasteiger partial charge in [-0.05, 0) is 44.2 Å². The minimum atomic E-state index is -0.454. The molecule has 0 aliphatic carbocycles. The number of nitrogens with one attached hydrogen (secondary N) is 1. The first-order chi connectivity index (χ1) is 14.8. The number of rotatable bonds is 6. The summed E-state index contributed by atoms with van der Waals surface area (Å²) in [6, 6.07) is 12.1. The van der Waals surface area contributed by atoms with E-state index in [0.29, 0.717) is 23.4 Å². The zero-order valence-corrected chi connectivity index (χ0v) is 17.8. The van der Waals surface area contributed by atoms with Crippen LogP contribution in [-0.4, -0.2) is 61.0 Å². The molecule has 0 radical (unpaired) electrons. The average Bonchev–Trinajstić information content (AvgIpc) is 2.76. The summed E-state index contributed by atoms with van der Waals surface area (Å²) in [5.74, 6) is -0.568. The first-order valence-electron chi connectivity index (χ1n) is 10.0. The molecule has 1 amide bonds. The van der Waals surface area contributed by atoms with Crippen LogP contribution in [0.5, 0.6) is 0 Å². The summed E-state index contributed by atoms with van der Waals surface area (Å²) in [6.45, 7) is 6.06. The highest BCUT2D eigenvalue weighted by atomic mass is 16.6. The topological polar surface area (TPSA) is 105 Å². The third-order valence-electron chi connectivity index (χ3n) is 5.54. The standard InChI is InChI=1S/C22H26N4O5/c1-15-13-25(18-9-7-17(8-10-18)22(28)31-3)12-11-24(15)14-21(27)23-19-5-4-6-20(16(19)2)26(29)30/h4-10,15H,11-14H2,1-3H3,(H,23,27). The Morgan fingerprint density at radius 3 is 2.52 bits per heavy atom. The quantitative estimate of drug-likeness (QED) is 0.430. The largest absolute Gasteiger partial charge is 0.465 e. The molecule has 1 aliphatic heterocycles. The number of ether oxygens (including phenoxy) is 1. The number of amides is 1. The van der Waals surface area contributed by atoms with Crippen LogP contribution in [0.3, 0.4) is 0 Å². The number of anilines is 2. The molecule has 1 N–H and O–H groups in total. The van der Waals surface area contributed by atoms with Crippen molar-refractivity contribution >= 4 is 28.9 Å². The van der Waals surface area contributed by atoms with Gasteiger partial charge in [-0.15, -0.1) is 0 Å². The number of methoxy groups -OCH3 is 1. The number of nitrogens with zero attached hydrogens (tertiary/aromatic N) is 3. The van der Waals surface area contributed by atoms with E-state index in [1.807, 2.05) is 12.1 Å². The number of carbonyl (C=O) groups excluding carboxylic acids is 2. The van der Waals surface area contributed by atoms with Gasteiger partial charge >= 0.3 is 5.97 Å². The molecule has 2 aromatic rings. The first-order valence-corrected chi connectivity index (χ1v) is 10.0. The number of nitro groups is 1. The van der Waals surface area contributed by atoms with Crippen LogP contribution in [0.4, 0.5) is 17.1 Å². The van der Waals surface area contributed by atoms with Crippen molar-refractivity contribution in [2.75, 3.05) is 43.5 Å². The summed E-state index contributed by atoms with van der Waals surface area (Å²) < 4.78 is 4.73. The lowest BCUT2D eigenvalue weighted by Crippen LogP contribution is -2.53. The van der Waals surface area contributed by atoms with Crippen LogP contribution in [0.25, 0.3) is 0 Å². The fraction of sp³-hybridized carbons (Fsp3) is 0.364. The molecule has 0 bridgehead atoms. The molecule has 1 aliphatic rings. The van der Waals surface area contributed by atoms with Crippen molar-refractivity contribution in [2.45, 2.75) is 19.9 Å². The molecule has 31 heavy (non-hydrogen) atoms. The van der Waals surface area contributed by atoms with Gasteiger partial charge in [0.25, 0.3) is 5.69 Å². The Hall–Kier alpha value is -3.46. The SMILES string of the molecule is COC(=O)c1ccc(N2CCN(CC(=O)Nc3cccc([N+](=O)[O-])c3C)C(C)C2)cc1. The fourth-order valence-electron chi connectivity index (χ4n) is 3.72. The smallest absolute Gasteiger partial charge is 0.337 e. The molecule has 1 fully saturated rings. The molecule has 1 heterocycles. The third-order valence-corrected chi connectivity index (χ3v) is 5.54. The van der Waals surface area contributed by atoms with E-state index in [1.165, 1.54) is 13.2 Å². The predicted molar refractivity (Wildman–Crippen MR) is 117 cm³/mol. The van der Waals surface area contributed by atoms with Crippen LogP contribution < -0.4 is 10.2 Å². The monoisotopic (exact) mass is 426 g/mol. The van der Waals surface area contributed by atoms with Crippen LogP contribution in [0, 0.1) is 17.0 Å². The van der Waals surface area contributed by atoms with Crippen molar-refractivity contribution in [3.05, 3.63) is 63.7 Å². The first kappa shape index (κ1) is 22.2. The molecule has 9 nitrogen and oxygen atoms in total. The summed E-state index contributed by atoms with van der Waals surface area (Å²) in [7, 11) is 1.35. The summed E-state index contributed by atoms with van der Waals surface area (Å²) >= 11 is 0. The van der Waals surface area contributed by atoms with Gasteiger partial charge in [-0.3, -0.25) is 19.8 Å². The summed E-state index contributed by atoms with van der Waals surface area (Å²) in [4.78, 5) is 39.1. The molecule has 2 aromatic carbocycles. The van der Waals surface area contributed by atoms with Crippen molar-refractivity contribution in [1.29, 1.82) is 0 Å². The van der Waals surface area contributed by atoms with Gasteiger partial charge in [-0.2, -0.15) is 0 Å². The Kier molecular flexibility index (Phi) is 6.86. The molecular weight excluding hydrogens is 400 g/mol. The molecule has 3 rings (SSSR count). The zero-order chi connectivity index (χ0) is 22.5. The van der Waals surface area contributed by atoms with Crippen molar-refractivity contribution in [1.82, 2.24) is 4.90 Å². The Morgan fingerprint density at radius 2 is 1.90 bits per heavy atom. The van der Waals surface area contributed by atoms with E-state index in [4.69, 9.17) is 4.74 Å². The highest BCUT2D eigenvalue weighted by Gasteiger charge is 2.26. The molecule has 9 heteroatoms. The summed E-state index contributed by atoms with van der Waals surface area (Å²) in [5, 5.41) is 13.9. The van der Waals surface area contributed by atoms with E-state index >= 15 is 0 Å². The molecule has 164 valence electrons. The number of nitro benzene ring substituents is 1. The Morgan fingerprint density at radius 1 is 1.19 bits per heavy atom. The lowest BCUT2D eigenvalue weighted by Gasteiger charge is -2.40. The van der Waals surface area contributed by atoms with Crippen LogP contribution in [0.15, 0.2) is 42.5 Å². The van der Waals surface area contributed by atoms with E-state index in [1.54, 1.807) is 31.2 Å². The van der Waals surface area contributed by atoms with Gasteiger partial charge in [-0.25, -0.2) is 4.79 Å². The number of esters is 1. The van der Waals surface area contributed by atoms with Crippen molar-refractivity contribution in [2.24, 2.45) is 0 Å². The van der Waals surface area contributed by atoms with E-state index in [9.17, 15) is 19.7 Å². The van der Waals surface area contributed by atoms with Crippen molar-refractivity contribution < 1.29 is 19.2 Å². The third kappa shape index (κ3) is 5.18. The fourth-order valence-corrected chi connectivity index (χ4v) is 3.72. The Bertz CT molecular complexity index is 976. The van der Waals surface area contributed by atoms with E-state index in [-0.39, 0.29) is 30.2 Å². The van der Waals surface area contributed by atoms with Crippen molar-refractivity contribution in [3.63, 3.8) is 0 Å². The van der Waals surface area contributed by atoms with E-state index < -0.39 is 4.92 Å². The maximum absolute atomic E-state index is 12.6. The number of hydrogen-bond donors (Lipinski definition) is 1.